The van der Waals surface area contributed by atoms with Crippen molar-refractivity contribution in [1.29, 1.82) is 0 Å². The third kappa shape index (κ3) is 3.18. The second-order valence-corrected chi connectivity index (χ2v) is 7.14. The molecule has 134 valence electrons. The summed E-state index contributed by atoms with van der Waals surface area (Å²) in [5.74, 6) is -1.64. The second kappa shape index (κ2) is 6.26. The fraction of sp³-hybridized carbons (Fsp3) is 0.526. The number of rotatable bonds is 3. The minimum atomic E-state index is -0.740. The van der Waals surface area contributed by atoms with Gasteiger partial charge in [-0.05, 0) is 32.3 Å². The summed E-state index contributed by atoms with van der Waals surface area (Å²) in [4.78, 5) is 35.6. The Hall–Kier alpha value is -2.21. The van der Waals surface area contributed by atoms with E-state index >= 15 is 0 Å². The van der Waals surface area contributed by atoms with Gasteiger partial charge >= 0.3 is 11.9 Å². The van der Waals surface area contributed by atoms with Crippen LogP contribution in [0.15, 0.2) is 36.0 Å². The molecule has 0 saturated carbocycles. The number of hydrogen-bond acceptors (Lipinski definition) is 6. The zero-order valence-corrected chi connectivity index (χ0v) is 14.4. The number of epoxide rings is 1. The van der Waals surface area contributed by atoms with Gasteiger partial charge in [0.1, 0.15) is 24.6 Å². The van der Waals surface area contributed by atoms with Crippen molar-refractivity contribution < 1.29 is 28.6 Å². The monoisotopic (exact) mass is 346 g/mol. The van der Waals surface area contributed by atoms with Crippen LogP contribution in [0.3, 0.4) is 0 Å². The Morgan fingerprint density at radius 1 is 1.48 bits per heavy atom. The zero-order valence-electron chi connectivity index (χ0n) is 14.4. The molecule has 0 aromatic heterocycles. The second-order valence-electron chi connectivity index (χ2n) is 7.14. The summed E-state index contributed by atoms with van der Waals surface area (Å²) in [6, 6.07) is 0. The van der Waals surface area contributed by atoms with Gasteiger partial charge in [-0.2, -0.15) is 0 Å². The van der Waals surface area contributed by atoms with Gasteiger partial charge in [-0.3, -0.25) is 4.79 Å². The fourth-order valence-electron chi connectivity index (χ4n) is 3.60. The first-order valence-electron chi connectivity index (χ1n) is 8.35. The molecule has 6 heteroatoms. The van der Waals surface area contributed by atoms with Gasteiger partial charge in [0, 0.05) is 17.6 Å². The predicted molar refractivity (Wildman–Crippen MR) is 88.5 cm³/mol. The molecule has 0 radical (unpaired) electrons. The topological polar surface area (TPSA) is 82.2 Å². The van der Waals surface area contributed by atoms with Crippen molar-refractivity contribution in [1.82, 2.24) is 0 Å². The number of ether oxygens (including phenoxy) is 3. The van der Waals surface area contributed by atoms with E-state index in [-0.39, 0.29) is 23.7 Å². The zero-order chi connectivity index (χ0) is 18.4. The van der Waals surface area contributed by atoms with Gasteiger partial charge in [-0.15, -0.1) is 0 Å². The van der Waals surface area contributed by atoms with Gasteiger partial charge in [0.05, 0.1) is 11.5 Å². The average Bonchev–Trinajstić information content (AvgIpc) is 3.13. The molecule has 3 rings (SSSR count). The molecule has 25 heavy (non-hydrogen) atoms. The number of fused-ring (bicyclic) bond motifs is 3. The van der Waals surface area contributed by atoms with E-state index in [1.807, 2.05) is 13.0 Å². The quantitative estimate of drug-likeness (QED) is 0.337. The number of carbonyl (C=O) groups is 3. The minimum Gasteiger partial charge on any atom is -0.458 e. The normalized spacial score (nSPS) is 39.2. The minimum absolute atomic E-state index is 0.197. The maximum atomic E-state index is 12.1. The van der Waals surface area contributed by atoms with Crippen LogP contribution in [-0.4, -0.2) is 42.1 Å². The maximum absolute atomic E-state index is 12.1. The summed E-state index contributed by atoms with van der Waals surface area (Å²) < 4.78 is 16.9. The molecule has 0 aromatic carbocycles. The van der Waals surface area contributed by atoms with Gasteiger partial charge in [0.25, 0.3) is 0 Å². The molecule has 2 saturated heterocycles. The summed E-state index contributed by atoms with van der Waals surface area (Å²) in [6.45, 7) is 10.9. The van der Waals surface area contributed by atoms with Gasteiger partial charge in [-0.1, -0.05) is 19.2 Å². The Morgan fingerprint density at radius 3 is 2.84 bits per heavy atom. The third-order valence-electron chi connectivity index (χ3n) is 5.14. The molecule has 0 unspecified atom stereocenters. The van der Waals surface area contributed by atoms with Crippen LogP contribution in [0.2, 0.25) is 0 Å². The Labute approximate surface area is 146 Å². The molecule has 2 fully saturated rings. The molecule has 2 heterocycles. The highest BCUT2D eigenvalue weighted by Crippen LogP contribution is 2.50. The van der Waals surface area contributed by atoms with E-state index in [2.05, 4.69) is 13.2 Å². The lowest BCUT2D eigenvalue weighted by Gasteiger charge is -2.27. The van der Waals surface area contributed by atoms with Crippen LogP contribution >= 0.6 is 0 Å². The molecule has 2 aliphatic heterocycles. The van der Waals surface area contributed by atoms with E-state index in [0.717, 1.165) is 12.7 Å². The van der Waals surface area contributed by atoms with E-state index in [1.165, 1.54) is 0 Å². The summed E-state index contributed by atoms with van der Waals surface area (Å²) in [5.41, 5.74) is 0.591. The number of hydrogen-bond donors (Lipinski definition) is 0. The molecular formula is C19H22O6. The van der Waals surface area contributed by atoms with Crippen molar-refractivity contribution in [2.75, 3.05) is 0 Å². The highest BCUT2D eigenvalue weighted by atomic mass is 16.6. The first kappa shape index (κ1) is 17.6. The summed E-state index contributed by atoms with van der Waals surface area (Å²) >= 11 is 0. The van der Waals surface area contributed by atoms with Crippen molar-refractivity contribution in [2.24, 2.45) is 5.92 Å². The molecule has 0 bridgehead atoms. The number of aldehydes is 1. The summed E-state index contributed by atoms with van der Waals surface area (Å²) in [5, 5.41) is 0. The van der Waals surface area contributed by atoms with E-state index < -0.39 is 35.7 Å². The predicted octanol–water partition coefficient (Wildman–Crippen LogP) is 2.04. The van der Waals surface area contributed by atoms with E-state index in [9.17, 15) is 14.4 Å². The SMILES string of the molecule is C=C(C)C(=O)O[C@H]1C/C(C=O)=C/CC[C@@]2(C)O[C@H]2[C@H]2OC(=O)C(=C)[C@@H]21. The number of allylic oxidation sites excluding steroid dienone is 1. The maximum Gasteiger partial charge on any atom is 0.334 e. The van der Waals surface area contributed by atoms with Crippen LogP contribution in [0.1, 0.15) is 33.1 Å². The summed E-state index contributed by atoms with van der Waals surface area (Å²) in [6.07, 6.45) is 2.59. The van der Waals surface area contributed by atoms with Gasteiger partial charge < -0.3 is 14.2 Å². The lowest BCUT2D eigenvalue weighted by atomic mass is 9.82. The van der Waals surface area contributed by atoms with Gasteiger partial charge in [-0.25, -0.2) is 9.59 Å². The molecule has 1 aliphatic carbocycles. The van der Waals surface area contributed by atoms with Crippen LogP contribution in [0.25, 0.3) is 0 Å². The number of carbonyl (C=O) groups excluding carboxylic acids is 3. The lowest BCUT2D eigenvalue weighted by Crippen LogP contribution is -2.38. The van der Waals surface area contributed by atoms with Crippen molar-refractivity contribution >= 4 is 18.2 Å². The molecule has 0 aromatic rings. The molecule has 5 atom stereocenters. The van der Waals surface area contributed by atoms with E-state index in [1.54, 1.807) is 6.92 Å². The molecule has 0 N–H and O–H groups in total. The average molecular weight is 346 g/mol. The highest BCUT2D eigenvalue weighted by molar-refractivity contribution is 5.92. The van der Waals surface area contributed by atoms with E-state index in [4.69, 9.17) is 14.2 Å². The smallest absolute Gasteiger partial charge is 0.334 e. The first-order chi connectivity index (χ1) is 11.8. The molecule has 3 aliphatic rings. The number of esters is 2. The van der Waals surface area contributed by atoms with Crippen molar-refractivity contribution in [3.05, 3.63) is 36.0 Å². The summed E-state index contributed by atoms with van der Waals surface area (Å²) in [7, 11) is 0. The fourth-order valence-corrected chi connectivity index (χ4v) is 3.60. The lowest BCUT2D eigenvalue weighted by molar-refractivity contribution is -0.148. The Bertz CT molecular complexity index is 690. The van der Waals surface area contributed by atoms with Crippen molar-refractivity contribution in [2.45, 2.75) is 57.0 Å². The highest BCUT2D eigenvalue weighted by Gasteiger charge is 2.63. The third-order valence-corrected chi connectivity index (χ3v) is 5.14. The van der Waals surface area contributed by atoms with E-state index in [0.29, 0.717) is 12.0 Å². The van der Waals surface area contributed by atoms with Crippen molar-refractivity contribution in [3.8, 4) is 0 Å². The molecule has 0 amide bonds. The molecule has 6 nitrogen and oxygen atoms in total. The molecular weight excluding hydrogens is 324 g/mol. The Kier molecular flexibility index (Phi) is 4.41. The van der Waals surface area contributed by atoms with Crippen LogP contribution in [0.5, 0.6) is 0 Å². The van der Waals surface area contributed by atoms with Crippen LogP contribution in [0.4, 0.5) is 0 Å². The van der Waals surface area contributed by atoms with Crippen LogP contribution in [0, 0.1) is 5.92 Å². The largest absolute Gasteiger partial charge is 0.458 e. The van der Waals surface area contributed by atoms with Gasteiger partial charge in [0.15, 0.2) is 0 Å². The van der Waals surface area contributed by atoms with Crippen LogP contribution < -0.4 is 0 Å². The first-order valence-corrected chi connectivity index (χ1v) is 8.35. The Morgan fingerprint density at radius 2 is 2.20 bits per heavy atom. The Balaban J connectivity index is 1.98. The van der Waals surface area contributed by atoms with Crippen molar-refractivity contribution in [3.63, 3.8) is 0 Å². The standard InChI is InChI=1S/C19H22O6/c1-10(2)17(21)23-13-8-12(9-20)6-5-7-19(4)16(25-19)15-14(13)11(3)18(22)24-15/h6,9,13-16H,1,3,5,7-8H2,2,4H3/b12-6-/t13-,14+,15-,16-,19+/m0/s1. The van der Waals surface area contributed by atoms with Gasteiger partial charge in [0.2, 0.25) is 0 Å². The molecule has 0 spiro atoms. The van der Waals surface area contributed by atoms with Crippen LogP contribution in [-0.2, 0) is 28.6 Å².